The molecule has 1 aliphatic rings. The molecule has 0 bridgehead atoms. The number of alkyl halides is 2. The van der Waals surface area contributed by atoms with Gasteiger partial charge in [0, 0.05) is 11.1 Å². The van der Waals surface area contributed by atoms with Gasteiger partial charge in [-0.25, -0.2) is 13.2 Å². The number of fused-ring (bicyclic) bond motifs is 1. The maximum Gasteiger partial charge on any atom is 0.320 e. The molecule has 0 spiro atoms. The number of hydrogen-bond donors (Lipinski definition) is 1. The van der Waals surface area contributed by atoms with E-state index in [0.717, 1.165) is 4.68 Å². The number of hydrogen-bond acceptors (Lipinski definition) is 6. The van der Waals surface area contributed by atoms with Crippen LogP contribution in [0.3, 0.4) is 0 Å². The molecule has 0 saturated carbocycles. The Morgan fingerprint density at radius 3 is 2.58 bits per heavy atom. The molecule has 1 aliphatic heterocycles. The lowest BCUT2D eigenvalue weighted by Gasteiger charge is -2.20. The summed E-state index contributed by atoms with van der Waals surface area (Å²) in [5.41, 5.74) is 2.81. The summed E-state index contributed by atoms with van der Waals surface area (Å²) in [7, 11) is 3.25. The highest BCUT2D eigenvalue weighted by Crippen LogP contribution is 2.40. The third kappa shape index (κ3) is 5.68. The van der Waals surface area contributed by atoms with Crippen LogP contribution in [0.25, 0.3) is 22.4 Å². The first-order valence-electron chi connectivity index (χ1n) is 11.1. The third-order valence-electron chi connectivity index (χ3n) is 5.42. The fourth-order valence-electron chi connectivity index (χ4n) is 3.94. The maximum atomic E-state index is 14.9. The second kappa shape index (κ2) is 10.0. The molecular weight excluding hydrogens is 477 g/mol. The van der Waals surface area contributed by atoms with Crippen molar-refractivity contribution in [3.8, 4) is 28.1 Å². The van der Waals surface area contributed by atoms with Crippen molar-refractivity contribution in [1.29, 1.82) is 0 Å². The van der Waals surface area contributed by atoms with Crippen molar-refractivity contribution in [3.05, 3.63) is 54.0 Å². The van der Waals surface area contributed by atoms with E-state index >= 15 is 0 Å². The van der Waals surface area contributed by atoms with Crippen molar-refractivity contribution in [2.75, 3.05) is 39.2 Å². The number of ether oxygens (including phenoxy) is 2. The molecule has 0 saturated heterocycles. The largest absolute Gasteiger partial charge is 0.482 e. The highest BCUT2D eigenvalue weighted by molar-refractivity contribution is 5.97. The number of carbonyl (C=O) groups excluding carboxylic acids is 2. The Morgan fingerprint density at radius 2 is 1.89 bits per heavy atom. The minimum absolute atomic E-state index is 0.0989. The Kier molecular flexibility index (Phi) is 7.02. The van der Waals surface area contributed by atoms with E-state index in [1.54, 1.807) is 39.2 Å². The summed E-state index contributed by atoms with van der Waals surface area (Å²) in [5.74, 6) is -4.50. The van der Waals surface area contributed by atoms with Crippen LogP contribution in [0.1, 0.15) is 5.69 Å². The van der Waals surface area contributed by atoms with Crippen molar-refractivity contribution >= 4 is 17.6 Å². The molecule has 1 aromatic heterocycles. The van der Waals surface area contributed by atoms with Crippen LogP contribution in [0.15, 0.2) is 42.5 Å². The van der Waals surface area contributed by atoms with E-state index in [2.05, 4.69) is 10.4 Å². The number of nitrogens with zero attached hydrogens (tertiary/aromatic N) is 3. The van der Waals surface area contributed by atoms with E-state index in [1.165, 1.54) is 29.2 Å². The van der Waals surface area contributed by atoms with Gasteiger partial charge in [-0.05, 0) is 63.0 Å². The Bertz CT molecular complexity index is 1290. The molecule has 0 fully saturated rings. The molecule has 190 valence electrons. The average molecular weight is 502 g/mol. The van der Waals surface area contributed by atoms with E-state index in [4.69, 9.17) is 9.47 Å². The molecule has 0 unspecified atom stereocenters. The van der Waals surface area contributed by atoms with Gasteiger partial charge >= 0.3 is 11.9 Å². The molecule has 0 radical (unpaired) electrons. The molecule has 3 aromatic rings. The summed E-state index contributed by atoms with van der Waals surface area (Å²) < 4.78 is 54.8. The Hall–Kier alpha value is -3.86. The summed E-state index contributed by atoms with van der Waals surface area (Å²) in [5, 5.41) is 7.08. The summed E-state index contributed by atoms with van der Waals surface area (Å²) in [6, 6.07) is 10.5. The Balaban J connectivity index is 1.73. The number of halogens is 3. The predicted molar refractivity (Wildman–Crippen MR) is 126 cm³/mol. The zero-order valence-corrected chi connectivity index (χ0v) is 20.0. The number of esters is 1. The smallest absolute Gasteiger partial charge is 0.320 e. The summed E-state index contributed by atoms with van der Waals surface area (Å²) in [6.45, 7) is -0.541. The van der Waals surface area contributed by atoms with Gasteiger partial charge in [0.15, 0.2) is 13.2 Å². The van der Waals surface area contributed by atoms with Crippen LogP contribution in [0.5, 0.6) is 5.75 Å². The summed E-state index contributed by atoms with van der Waals surface area (Å²) in [6.07, 6.45) is 0. The standard InChI is InChI=1S/C25H25F3N4O4/c1-15-23(17-6-9-20-19(10-17)29-21(33)12-35-20)24(16-4-7-18(26)8-5-16)32(30-15)13-25(27,28)14-36-22(34)11-31(2)3/h4-10H,11-14H2,1-3H3,(H,29,33). The average Bonchev–Trinajstić information content (AvgIpc) is 3.12. The van der Waals surface area contributed by atoms with Gasteiger partial charge in [0.2, 0.25) is 0 Å². The lowest BCUT2D eigenvalue weighted by molar-refractivity contribution is -0.157. The molecule has 0 atom stereocenters. The van der Waals surface area contributed by atoms with E-state index in [-0.39, 0.29) is 19.1 Å². The van der Waals surface area contributed by atoms with Gasteiger partial charge in [0.25, 0.3) is 5.91 Å². The molecule has 36 heavy (non-hydrogen) atoms. The number of nitrogens with one attached hydrogen (secondary N) is 1. The first kappa shape index (κ1) is 25.2. The second-order valence-corrected chi connectivity index (χ2v) is 8.78. The van der Waals surface area contributed by atoms with E-state index in [0.29, 0.717) is 39.5 Å². The first-order chi connectivity index (χ1) is 17.0. The zero-order chi connectivity index (χ0) is 26.0. The quantitative estimate of drug-likeness (QED) is 0.473. The van der Waals surface area contributed by atoms with Gasteiger partial charge in [-0.15, -0.1) is 0 Å². The fraction of sp³-hybridized carbons (Fsp3) is 0.320. The third-order valence-corrected chi connectivity index (χ3v) is 5.42. The molecular formula is C25H25F3N4O4. The number of likely N-dealkylation sites (N-methyl/N-ethyl adjacent to an activating group) is 1. The lowest BCUT2D eigenvalue weighted by atomic mass is 9.98. The Morgan fingerprint density at radius 1 is 1.19 bits per heavy atom. The number of anilines is 1. The van der Waals surface area contributed by atoms with Crippen LogP contribution in [0, 0.1) is 12.7 Å². The summed E-state index contributed by atoms with van der Waals surface area (Å²) >= 11 is 0. The number of aryl methyl sites for hydroxylation is 1. The number of amides is 1. The van der Waals surface area contributed by atoms with Gasteiger partial charge in [-0.2, -0.15) is 5.10 Å². The van der Waals surface area contributed by atoms with Crippen molar-refractivity contribution in [3.63, 3.8) is 0 Å². The molecule has 1 amide bonds. The van der Waals surface area contributed by atoms with Crippen molar-refractivity contribution in [2.45, 2.75) is 19.4 Å². The highest BCUT2D eigenvalue weighted by Gasteiger charge is 2.34. The van der Waals surface area contributed by atoms with Crippen LogP contribution < -0.4 is 10.1 Å². The minimum atomic E-state index is -3.43. The van der Waals surface area contributed by atoms with Gasteiger partial charge in [0.05, 0.1) is 23.6 Å². The van der Waals surface area contributed by atoms with Crippen LogP contribution >= 0.6 is 0 Å². The van der Waals surface area contributed by atoms with Crippen molar-refractivity contribution in [1.82, 2.24) is 14.7 Å². The first-order valence-corrected chi connectivity index (χ1v) is 11.1. The SMILES string of the molecule is Cc1nn(CC(F)(F)COC(=O)CN(C)C)c(-c2ccc(F)cc2)c1-c1ccc2c(c1)NC(=O)CO2. The lowest BCUT2D eigenvalue weighted by Crippen LogP contribution is -2.34. The predicted octanol–water partition coefficient (Wildman–Crippen LogP) is 3.74. The number of benzene rings is 2. The molecule has 1 N–H and O–H groups in total. The normalized spacial score (nSPS) is 13.2. The minimum Gasteiger partial charge on any atom is -0.482 e. The number of rotatable bonds is 8. The van der Waals surface area contributed by atoms with Crippen molar-refractivity contribution in [2.24, 2.45) is 0 Å². The summed E-state index contributed by atoms with van der Waals surface area (Å²) in [4.78, 5) is 25.1. The molecule has 2 heterocycles. The molecule has 0 aliphatic carbocycles. The van der Waals surface area contributed by atoms with Crippen LogP contribution in [0.4, 0.5) is 18.9 Å². The molecule has 2 aromatic carbocycles. The number of carbonyl (C=O) groups is 2. The highest BCUT2D eigenvalue weighted by atomic mass is 19.3. The van der Waals surface area contributed by atoms with Crippen molar-refractivity contribution < 1.29 is 32.2 Å². The van der Waals surface area contributed by atoms with Gasteiger partial charge in [-0.3, -0.25) is 19.2 Å². The van der Waals surface area contributed by atoms with E-state index < -0.39 is 30.9 Å². The van der Waals surface area contributed by atoms with Gasteiger partial charge < -0.3 is 14.8 Å². The number of aromatic nitrogens is 2. The monoisotopic (exact) mass is 502 g/mol. The molecule has 11 heteroatoms. The zero-order valence-electron chi connectivity index (χ0n) is 20.0. The Labute approximate surface area is 205 Å². The van der Waals surface area contributed by atoms with Crippen LogP contribution in [-0.2, 0) is 20.9 Å². The van der Waals surface area contributed by atoms with Gasteiger partial charge in [-0.1, -0.05) is 6.07 Å². The second-order valence-electron chi connectivity index (χ2n) is 8.78. The van der Waals surface area contributed by atoms with E-state index in [1.807, 2.05) is 0 Å². The molecule has 8 nitrogen and oxygen atoms in total. The fourth-order valence-corrected chi connectivity index (χ4v) is 3.94. The maximum absolute atomic E-state index is 14.9. The topological polar surface area (TPSA) is 85.7 Å². The van der Waals surface area contributed by atoms with E-state index in [9.17, 15) is 22.8 Å². The van der Waals surface area contributed by atoms with Crippen LogP contribution in [0.2, 0.25) is 0 Å². The van der Waals surface area contributed by atoms with Crippen LogP contribution in [-0.4, -0.2) is 66.3 Å². The molecule has 4 rings (SSSR count). The van der Waals surface area contributed by atoms with Gasteiger partial charge in [0.1, 0.15) is 18.1 Å².